The van der Waals surface area contributed by atoms with E-state index in [0.717, 1.165) is 43.7 Å². The maximum absolute atomic E-state index is 12.2. The molecule has 0 bridgehead atoms. The molecule has 6 heteroatoms. The topological polar surface area (TPSA) is 81.6 Å². The maximum atomic E-state index is 12.2. The highest BCUT2D eigenvalue weighted by atomic mass is 32.2. The zero-order valence-corrected chi connectivity index (χ0v) is 15.8. The van der Waals surface area contributed by atoms with E-state index in [1.54, 1.807) is 0 Å². The summed E-state index contributed by atoms with van der Waals surface area (Å²) in [5, 5.41) is 0.601. The second-order valence-electron chi connectivity index (χ2n) is 6.74. The molecule has 1 heterocycles. The number of rotatable bonds is 8. The lowest BCUT2D eigenvalue weighted by molar-refractivity contribution is -0.134. The Morgan fingerprint density at radius 1 is 1.36 bits per heavy atom. The van der Waals surface area contributed by atoms with Crippen LogP contribution in [0.5, 0.6) is 5.75 Å². The first-order valence-corrected chi connectivity index (χ1v) is 9.74. The summed E-state index contributed by atoms with van der Waals surface area (Å²) in [6, 6.07) is 7.68. The summed E-state index contributed by atoms with van der Waals surface area (Å²) in [6.07, 6.45) is 4.14. The molecule has 25 heavy (non-hydrogen) atoms. The van der Waals surface area contributed by atoms with Gasteiger partial charge in [-0.05, 0) is 50.3 Å². The van der Waals surface area contributed by atoms with Gasteiger partial charge in [-0.1, -0.05) is 18.7 Å². The number of amides is 1. The summed E-state index contributed by atoms with van der Waals surface area (Å²) in [6.45, 7) is 7.43. The number of carbonyl (C=O) groups excluding carboxylic acids is 1. The van der Waals surface area contributed by atoms with Crippen LogP contribution in [0.2, 0.25) is 0 Å². The van der Waals surface area contributed by atoms with Gasteiger partial charge in [0.15, 0.2) is 6.61 Å². The predicted octanol–water partition coefficient (Wildman–Crippen LogP) is 2.81. The third kappa shape index (κ3) is 6.29. The molecule has 1 amide bonds. The van der Waals surface area contributed by atoms with Crippen LogP contribution in [0.15, 0.2) is 35.9 Å². The van der Waals surface area contributed by atoms with E-state index in [-0.39, 0.29) is 12.5 Å². The molecule has 4 N–H and O–H groups in total. The fraction of sp³-hybridized carbons (Fsp3) is 0.526. The van der Waals surface area contributed by atoms with Crippen LogP contribution in [0.1, 0.15) is 38.2 Å². The SMILES string of the molecule is C=C(N)SCCC(C)(N)c1cccc(OCC(=O)N2CCCCC2)c1. The molecule has 138 valence electrons. The van der Waals surface area contributed by atoms with E-state index in [2.05, 4.69) is 6.58 Å². The van der Waals surface area contributed by atoms with Crippen LogP contribution >= 0.6 is 11.8 Å². The number of ether oxygens (including phenoxy) is 1. The van der Waals surface area contributed by atoms with Crippen LogP contribution in [0.25, 0.3) is 0 Å². The van der Waals surface area contributed by atoms with Crippen molar-refractivity contribution in [3.05, 3.63) is 41.4 Å². The fourth-order valence-corrected chi connectivity index (χ4v) is 3.65. The second kappa shape index (κ2) is 9.15. The molecule has 1 fully saturated rings. The molecule has 1 unspecified atom stereocenters. The monoisotopic (exact) mass is 363 g/mol. The van der Waals surface area contributed by atoms with Gasteiger partial charge in [-0.2, -0.15) is 0 Å². The molecule has 1 aliphatic heterocycles. The third-order valence-corrected chi connectivity index (χ3v) is 5.25. The molecule has 1 aromatic carbocycles. The second-order valence-corrected chi connectivity index (χ2v) is 7.96. The van der Waals surface area contributed by atoms with Gasteiger partial charge in [-0.15, -0.1) is 11.8 Å². The zero-order chi connectivity index (χ0) is 18.3. The van der Waals surface area contributed by atoms with Crippen LogP contribution in [0, 0.1) is 0 Å². The van der Waals surface area contributed by atoms with Crippen LogP contribution in [-0.4, -0.2) is 36.3 Å². The molecule has 0 radical (unpaired) electrons. The molecule has 0 saturated carbocycles. The number of benzene rings is 1. The number of thioether (sulfide) groups is 1. The number of nitrogens with two attached hydrogens (primary N) is 2. The van der Waals surface area contributed by atoms with Gasteiger partial charge in [0.1, 0.15) is 5.75 Å². The predicted molar refractivity (Wildman–Crippen MR) is 104 cm³/mol. The summed E-state index contributed by atoms with van der Waals surface area (Å²) in [4.78, 5) is 14.1. The Morgan fingerprint density at radius 2 is 2.08 bits per heavy atom. The van der Waals surface area contributed by atoms with Crippen molar-refractivity contribution in [1.82, 2.24) is 4.90 Å². The van der Waals surface area contributed by atoms with E-state index in [9.17, 15) is 4.79 Å². The van der Waals surface area contributed by atoms with Crippen molar-refractivity contribution >= 4 is 17.7 Å². The average Bonchev–Trinajstić information content (AvgIpc) is 2.60. The van der Waals surface area contributed by atoms with Crippen molar-refractivity contribution in [3.63, 3.8) is 0 Å². The quantitative estimate of drug-likeness (QED) is 0.742. The summed E-state index contributed by atoms with van der Waals surface area (Å²) < 4.78 is 5.71. The Bertz CT molecular complexity index is 598. The minimum atomic E-state index is -0.487. The molecule has 0 spiro atoms. The Kier molecular flexibility index (Phi) is 7.20. The van der Waals surface area contributed by atoms with E-state index in [1.165, 1.54) is 18.2 Å². The van der Waals surface area contributed by atoms with Gasteiger partial charge in [0.05, 0.1) is 5.03 Å². The van der Waals surface area contributed by atoms with Gasteiger partial charge in [0.25, 0.3) is 5.91 Å². The standard InChI is InChI=1S/C19H29N3O2S/c1-15(20)25-12-9-19(2,21)16-7-6-8-17(13-16)24-14-18(23)22-10-4-3-5-11-22/h6-8,13H,1,3-5,9-12,14,20-21H2,2H3. The Hall–Kier alpha value is -1.66. The number of likely N-dealkylation sites (tertiary alicyclic amines) is 1. The fourth-order valence-electron chi connectivity index (χ4n) is 2.86. The van der Waals surface area contributed by atoms with Gasteiger partial charge in [0.2, 0.25) is 0 Å². The van der Waals surface area contributed by atoms with E-state index in [4.69, 9.17) is 16.2 Å². The van der Waals surface area contributed by atoms with E-state index < -0.39 is 5.54 Å². The van der Waals surface area contributed by atoms with Crippen molar-refractivity contribution < 1.29 is 9.53 Å². The molecular weight excluding hydrogens is 334 g/mol. The number of nitrogens with zero attached hydrogens (tertiary/aromatic N) is 1. The van der Waals surface area contributed by atoms with Crippen molar-refractivity contribution in [3.8, 4) is 5.75 Å². The van der Waals surface area contributed by atoms with Gasteiger partial charge < -0.3 is 21.1 Å². The normalized spacial score (nSPS) is 17.0. The molecule has 1 aromatic rings. The number of carbonyl (C=O) groups is 1. The Balaban J connectivity index is 1.91. The molecule has 0 aromatic heterocycles. The average molecular weight is 364 g/mol. The highest BCUT2D eigenvalue weighted by Crippen LogP contribution is 2.27. The molecule has 2 rings (SSSR count). The Morgan fingerprint density at radius 3 is 2.76 bits per heavy atom. The van der Waals surface area contributed by atoms with Gasteiger partial charge in [-0.25, -0.2) is 0 Å². The van der Waals surface area contributed by atoms with Crippen molar-refractivity contribution in [2.75, 3.05) is 25.4 Å². The zero-order valence-electron chi connectivity index (χ0n) is 15.0. The van der Waals surface area contributed by atoms with E-state index in [1.807, 2.05) is 36.1 Å². The van der Waals surface area contributed by atoms with Crippen LogP contribution in [0.3, 0.4) is 0 Å². The molecule has 0 aliphatic carbocycles. The van der Waals surface area contributed by atoms with E-state index in [0.29, 0.717) is 10.8 Å². The number of hydrogen-bond acceptors (Lipinski definition) is 5. The molecule has 1 aliphatic rings. The van der Waals surface area contributed by atoms with Crippen LogP contribution < -0.4 is 16.2 Å². The van der Waals surface area contributed by atoms with Crippen molar-refractivity contribution in [2.45, 2.75) is 38.1 Å². The summed E-state index contributed by atoms with van der Waals surface area (Å²) in [5.74, 6) is 1.54. The van der Waals surface area contributed by atoms with Gasteiger partial charge >= 0.3 is 0 Å². The summed E-state index contributed by atoms with van der Waals surface area (Å²) >= 11 is 1.51. The number of hydrogen-bond donors (Lipinski definition) is 2. The molecule has 1 saturated heterocycles. The first-order chi connectivity index (χ1) is 11.9. The first-order valence-electron chi connectivity index (χ1n) is 8.76. The number of piperidine rings is 1. The smallest absolute Gasteiger partial charge is 0.260 e. The van der Waals surface area contributed by atoms with E-state index >= 15 is 0 Å². The van der Waals surface area contributed by atoms with Crippen molar-refractivity contribution in [2.24, 2.45) is 11.5 Å². The highest BCUT2D eigenvalue weighted by Gasteiger charge is 2.22. The van der Waals surface area contributed by atoms with Crippen LogP contribution in [-0.2, 0) is 10.3 Å². The van der Waals surface area contributed by atoms with Gasteiger partial charge in [-0.3, -0.25) is 4.79 Å². The lowest BCUT2D eigenvalue weighted by Crippen LogP contribution is -2.38. The molecule has 1 atom stereocenters. The van der Waals surface area contributed by atoms with Gasteiger partial charge in [0, 0.05) is 24.4 Å². The minimum Gasteiger partial charge on any atom is -0.484 e. The Labute approximate surface area is 154 Å². The summed E-state index contributed by atoms with van der Waals surface area (Å²) in [5.41, 5.74) is 12.5. The lowest BCUT2D eigenvalue weighted by atomic mass is 9.90. The highest BCUT2D eigenvalue weighted by molar-refractivity contribution is 8.02. The maximum Gasteiger partial charge on any atom is 0.260 e. The molecule has 5 nitrogen and oxygen atoms in total. The van der Waals surface area contributed by atoms with Crippen molar-refractivity contribution in [1.29, 1.82) is 0 Å². The lowest BCUT2D eigenvalue weighted by Gasteiger charge is -2.27. The largest absolute Gasteiger partial charge is 0.484 e. The first kappa shape index (κ1) is 19.7. The molecular formula is C19H29N3O2S. The summed E-state index contributed by atoms with van der Waals surface area (Å²) in [7, 11) is 0. The van der Waals surface area contributed by atoms with Crippen LogP contribution in [0.4, 0.5) is 0 Å². The minimum absolute atomic E-state index is 0.0541. The third-order valence-electron chi connectivity index (χ3n) is 4.47.